The summed E-state index contributed by atoms with van der Waals surface area (Å²) in [5.74, 6) is -0.282. The summed E-state index contributed by atoms with van der Waals surface area (Å²) in [7, 11) is 0. The zero-order chi connectivity index (χ0) is 11.6. The van der Waals surface area contributed by atoms with Crippen molar-refractivity contribution in [3.05, 3.63) is 21.5 Å². The fourth-order valence-corrected chi connectivity index (χ4v) is 2.37. The molecule has 0 saturated heterocycles. The van der Waals surface area contributed by atoms with E-state index >= 15 is 0 Å². The summed E-state index contributed by atoms with van der Waals surface area (Å²) in [4.78, 5) is 11.0. The normalized spacial score (nSPS) is 13.1. The number of rotatable bonds is 4. The minimum atomic E-state index is -0.853. The lowest BCUT2D eigenvalue weighted by atomic mass is 10.1. The molecular formula is C11H16INO2. The van der Waals surface area contributed by atoms with Crippen LogP contribution in [0.4, 0.5) is 0 Å². The first-order chi connectivity index (χ1) is 6.91. The molecule has 1 rings (SSSR count). The highest BCUT2D eigenvalue weighted by Crippen LogP contribution is 2.22. The fourth-order valence-electron chi connectivity index (χ4n) is 1.78. The number of hydrogen-bond acceptors (Lipinski definition) is 1. The number of carboxylic acid groups (broad SMARTS) is 1. The molecule has 84 valence electrons. The van der Waals surface area contributed by atoms with Gasteiger partial charge in [-0.3, -0.25) is 0 Å². The van der Waals surface area contributed by atoms with Gasteiger partial charge in [0.2, 0.25) is 0 Å². The Balaban J connectivity index is 2.96. The molecule has 1 aromatic heterocycles. The second kappa shape index (κ2) is 5.01. The summed E-state index contributed by atoms with van der Waals surface area (Å²) in [6, 6.07) is 1.94. The Labute approximate surface area is 104 Å². The van der Waals surface area contributed by atoms with Gasteiger partial charge in [0.25, 0.3) is 0 Å². The Morgan fingerprint density at radius 2 is 2.13 bits per heavy atom. The van der Waals surface area contributed by atoms with Gasteiger partial charge < -0.3 is 9.67 Å². The number of nitrogens with zero attached hydrogens (tertiary/aromatic N) is 1. The first-order valence-corrected chi connectivity index (χ1v) is 6.10. The van der Waals surface area contributed by atoms with E-state index in [9.17, 15) is 4.79 Å². The van der Waals surface area contributed by atoms with E-state index in [0.717, 1.165) is 9.99 Å². The van der Waals surface area contributed by atoms with Crippen molar-refractivity contribution >= 4 is 28.6 Å². The van der Waals surface area contributed by atoms with Crippen molar-refractivity contribution in [2.75, 3.05) is 0 Å². The van der Waals surface area contributed by atoms with E-state index in [1.165, 1.54) is 0 Å². The molecule has 4 heteroatoms. The number of carbonyl (C=O) groups is 1. The predicted molar refractivity (Wildman–Crippen MR) is 68.3 cm³/mol. The largest absolute Gasteiger partial charge is 0.477 e. The van der Waals surface area contributed by atoms with Gasteiger partial charge in [-0.1, -0.05) is 13.8 Å². The fraction of sp³-hybridized carbons (Fsp3) is 0.545. The summed E-state index contributed by atoms with van der Waals surface area (Å²) >= 11 is 2.14. The van der Waals surface area contributed by atoms with Crippen LogP contribution in [0, 0.1) is 9.49 Å². The summed E-state index contributed by atoms with van der Waals surface area (Å²) in [6.07, 6.45) is 2.89. The monoisotopic (exact) mass is 321 g/mol. The molecule has 0 radical (unpaired) electrons. The minimum Gasteiger partial charge on any atom is -0.477 e. The molecule has 0 saturated carbocycles. The smallest absolute Gasteiger partial charge is 0.352 e. The van der Waals surface area contributed by atoms with Crippen LogP contribution in [0.2, 0.25) is 0 Å². The number of aromatic carboxylic acids is 1. The Morgan fingerprint density at radius 1 is 1.53 bits per heavy atom. The lowest BCUT2D eigenvalue weighted by Gasteiger charge is -2.17. The van der Waals surface area contributed by atoms with Crippen LogP contribution in [0.5, 0.6) is 0 Å². The topological polar surface area (TPSA) is 42.2 Å². The molecule has 0 aliphatic carbocycles. The highest BCUT2D eigenvalue weighted by atomic mass is 127. The molecular weight excluding hydrogens is 305 g/mol. The van der Waals surface area contributed by atoms with Gasteiger partial charge in [0.05, 0.1) is 0 Å². The highest BCUT2D eigenvalue weighted by molar-refractivity contribution is 14.1. The van der Waals surface area contributed by atoms with Crippen LogP contribution >= 0.6 is 22.6 Å². The third kappa shape index (κ3) is 3.22. The zero-order valence-corrected chi connectivity index (χ0v) is 11.4. The van der Waals surface area contributed by atoms with Gasteiger partial charge in [0.1, 0.15) is 5.69 Å². The maximum Gasteiger partial charge on any atom is 0.352 e. The molecule has 0 fully saturated rings. The van der Waals surface area contributed by atoms with Crippen molar-refractivity contribution in [3.63, 3.8) is 0 Å². The standard InChI is InChI=1S/C11H16INO2/c1-7(2)4-8(3)13-6-9(12)5-10(13)11(14)15/h5-8H,4H2,1-3H3,(H,14,15). The van der Waals surface area contributed by atoms with Crippen molar-refractivity contribution in [1.29, 1.82) is 0 Å². The molecule has 1 unspecified atom stereocenters. The Kier molecular flexibility index (Phi) is 4.19. The van der Waals surface area contributed by atoms with Crippen LogP contribution < -0.4 is 0 Å². The molecule has 15 heavy (non-hydrogen) atoms. The molecule has 1 N–H and O–H groups in total. The highest BCUT2D eigenvalue weighted by Gasteiger charge is 2.16. The van der Waals surface area contributed by atoms with Crippen molar-refractivity contribution in [2.24, 2.45) is 5.92 Å². The number of hydrogen-bond donors (Lipinski definition) is 1. The third-order valence-electron chi connectivity index (χ3n) is 2.32. The second-order valence-corrected chi connectivity index (χ2v) is 5.48. The third-order valence-corrected chi connectivity index (χ3v) is 2.91. The molecule has 0 aliphatic heterocycles. The summed E-state index contributed by atoms with van der Waals surface area (Å²) in [5, 5.41) is 9.04. The van der Waals surface area contributed by atoms with Crippen molar-refractivity contribution in [3.8, 4) is 0 Å². The van der Waals surface area contributed by atoms with Crippen LogP contribution in [-0.2, 0) is 0 Å². The lowest BCUT2D eigenvalue weighted by molar-refractivity contribution is 0.0682. The maximum atomic E-state index is 11.0. The number of halogens is 1. The van der Waals surface area contributed by atoms with Gasteiger partial charge in [0, 0.05) is 15.8 Å². The van der Waals surface area contributed by atoms with Crippen molar-refractivity contribution < 1.29 is 9.90 Å². The first kappa shape index (κ1) is 12.5. The van der Waals surface area contributed by atoms with Gasteiger partial charge in [-0.25, -0.2) is 4.79 Å². The molecule has 1 atom stereocenters. The first-order valence-electron chi connectivity index (χ1n) is 5.02. The average Bonchev–Trinajstić information content (AvgIpc) is 2.46. The SMILES string of the molecule is CC(C)CC(C)n1cc(I)cc1C(=O)O. The predicted octanol–water partition coefficient (Wildman–Crippen LogP) is 3.40. The summed E-state index contributed by atoms with van der Waals surface area (Å²) in [6.45, 7) is 6.35. The van der Waals surface area contributed by atoms with Crippen LogP contribution in [0.15, 0.2) is 12.3 Å². The Morgan fingerprint density at radius 3 is 2.60 bits per heavy atom. The number of aromatic nitrogens is 1. The molecule has 3 nitrogen and oxygen atoms in total. The van der Waals surface area contributed by atoms with Crippen molar-refractivity contribution in [1.82, 2.24) is 4.57 Å². The van der Waals surface area contributed by atoms with Crippen LogP contribution in [0.3, 0.4) is 0 Å². The molecule has 0 spiro atoms. The van der Waals surface area contributed by atoms with Crippen LogP contribution in [-0.4, -0.2) is 15.6 Å². The number of carboxylic acids is 1. The Bertz CT molecular complexity index is 357. The molecule has 0 amide bonds. The lowest BCUT2D eigenvalue weighted by Crippen LogP contribution is -2.13. The van der Waals surface area contributed by atoms with E-state index in [2.05, 4.69) is 43.4 Å². The Hall–Kier alpha value is -0.520. The van der Waals surface area contributed by atoms with Crippen LogP contribution in [0.25, 0.3) is 0 Å². The zero-order valence-electron chi connectivity index (χ0n) is 9.20. The van der Waals surface area contributed by atoms with Gasteiger partial charge in [-0.2, -0.15) is 0 Å². The van der Waals surface area contributed by atoms with Gasteiger partial charge in [-0.05, 0) is 47.9 Å². The molecule has 0 aromatic carbocycles. The summed E-state index contributed by atoms with van der Waals surface area (Å²) in [5.41, 5.74) is 0.382. The van der Waals surface area contributed by atoms with E-state index in [1.54, 1.807) is 6.07 Å². The molecule has 0 bridgehead atoms. The van der Waals surface area contributed by atoms with E-state index in [-0.39, 0.29) is 6.04 Å². The molecule has 1 aromatic rings. The van der Waals surface area contributed by atoms with E-state index in [0.29, 0.717) is 11.6 Å². The van der Waals surface area contributed by atoms with Crippen LogP contribution in [0.1, 0.15) is 43.7 Å². The molecule has 1 heterocycles. The van der Waals surface area contributed by atoms with E-state index < -0.39 is 5.97 Å². The summed E-state index contributed by atoms with van der Waals surface area (Å²) < 4.78 is 2.82. The quantitative estimate of drug-likeness (QED) is 0.864. The van der Waals surface area contributed by atoms with E-state index in [1.807, 2.05) is 10.8 Å². The maximum absolute atomic E-state index is 11.0. The van der Waals surface area contributed by atoms with Crippen molar-refractivity contribution in [2.45, 2.75) is 33.2 Å². The second-order valence-electron chi connectivity index (χ2n) is 4.23. The van der Waals surface area contributed by atoms with E-state index in [4.69, 9.17) is 5.11 Å². The van der Waals surface area contributed by atoms with Gasteiger partial charge in [0.15, 0.2) is 0 Å². The van der Waals surface area contributed by atoms with Gasteiger partial charge in [-0.15, -0.1) is 0 Å². The van der Waals surface area contributed by atoms with Gasteiger partial charge >= 0.3 is 5.97 Å². The molecule has 0 aliphatic rings. The minimum absolute atomic E-state index is 0.236. The average molecular weight is 321 g/mol.